The molecule has 0 spiro atoms. The number of amides is 1. The predicted octanol–water partition coefficient (Wildman–Crippen LogP) is 5.11. The summed E-state index contributed by atoms with van der Waals surface area (Å²) in [5, 5.41) is 3.72. The van der Waals surface area contributed by atoms with Gasteiger partial charge in [-0.2, -0.15) is 0 Å². The zero-order valence-electron chi connectivity index (χ0n) is 16.2. The van der Waals surface area contributed by atoms with Crippen molar-refractivity contribution in [2.45, 2.75) is 34.2 Å². The number of nitrogens with one attached hydrogen (secondary N) is 1. The van der Waals surface area contributed by atoms with E-state index in [1.54, 1.807) is 0 Å². The van der Waals surface area contributed by atoms with Crippen molar-refractivity contribution >= 4 is 22.9 Å². The van der Waals surface area contributed by atoms with Crippen molar-refractivity contribution in [2.24, 2.45) is 0 Å². The number of carbonyl (C=O) groups excluding carboxylic acids is 1. The summed E-state index contributed by atoms with van der Waals surface area (Å²) in [7, 11) is 0. The first kappa shape index (κ1) is 19.3. The summed E-state index contributed by atoms with van der Waals surface area (Å²) in [6.45, 7) is 10.9. The standard InChI is InChI=1S/C21H25N3O2S/c1-5-24(6-2)13-16-8-7-9-17(12-16)23-20(25)19-15(4)22-21(27-19)18-11-10-14(3)26-18/h7-12H,5-6,13H2,1-4H3,(H,23,25). The quantitative estimate of drug-likeness (QED) is 0.616. The highest BCUT2D eigenvalue weighted by Gasteiger charge is 2.18. The smallest absolute Gasteiger partial charge is 0.267 e. The van der Waals surface area contributed by atoms with Crippen molar-refractivity contribution in [2.75, 3.05) is 18.4 Å². The number of benzene rings is 1. The van der Waals surface area contributed by atoms with Gasteiger partial charge in [0, 0.05) is 12.2 Å². The number of hydrogen-bond acceptors (Lipinski definition) is 5. The van der Waals surface area contributed by atoms with Gasteiger partial charge in [0.15, 0.2) is 10.8 Å². The Morgan fingerprint density at radius 3 is 2.63 bits per heavy atom. The van der Waals surface area contributed by atoms with E-state index in [-0.39, 0.29) is 5.91 Å². The number of carbonyl (C=O) groups is 1. The molecule has 3 rings (SSSR count). The van der Waals surface area contributed by atoms with Crippen LogP contribution in [-0.2, 0) is 6.54 Å². The van der Waals surface area contributed by atoms with Crippen LogP contribution in [0.3, 0.4) is 0 Å². The average Bonchev–Trinajstić information content (AvgIpc) is 3.25. The lowest BCUT2D eigenvalue weighted by atomic mass is 10.2. The molecule has 5 nitrogen and oxygen atoms in total. The second kappa shape index (κ2) is 8.50. The zero-order valence-corrected chi connectivity index (χ0v) is 17.0. The molecule has 1 amide bonds. The molecule has 1 N–H and O–H groups in total. The zero-order chi connectivity index (χ0) is 19.4. The minimum absolute atomic E-state index is 0.139. The molecule has 27 heavy (non-hydrogen) atoms. The van der Waals surface area contributed by atoms with Gasteiger partial charge in [0.25, 0.3) is 5.91 Å². The van der Waals surface area contributed by atoms with Crippen molar-refractivity contribution < 1.29 is 9.21 Å². The highest BCUT2D eigenvalue weighted by Crippen LogP contribution is 2.29. The maximum Gasteiger partial charge on any atom is 0.267 e. The third-order valence-corrected chi connectivity index (χ3v) is 5.61. The van der Waals surface area contributed by atoms with Crippen molar-refractivity contribution in [1.29, 1.82) is 0 Å². The lowest BCUT2D eigenvalue weighted by Crippen LogP contribution is -2.22. The van der Waals surface area contributed by atoms with E-state index in [4.69, 9.17) is 4.42 Å². The summed E-state index contributed by atoms with van der Waals surface area (Å²) in [5.74, 6) is 1.38. The van der Waals surface area contributed by atoms with Gasteiger partial charge in [-0.05, 0) is 56.8 Å². The first-order valence-electron chi connectivity index (χ1n) is 9.17. The van der Waals surface area contributed by atoms with Gasteiger partial charge in [0.2, 0.25) is 0 Å². The van der Waals surface area contributed by atoms with Crippen molar-refractivity contribution in [1.82, 2.24) is 9.88 Å². The summed E-state index contributed by atoms with van der Waals surface area (Å²) < 4.78 is 5.62. The lowest BCUT2D eigenvalue weighted by Gasteiger charge is -2.18. The van der Waals surface area contributed by atoms with E-state index < -0.39 is 0 Å². The van der Waals surface area contributed by atoms with Gasteiger partial charge in [-0.1, -0.05) is 26.0 Å². The van der Waals surface area contributed by atoms with Crippen LogP contribution in [0.2, 0.25) is 0 Å². The Balaban J connectivity index is 1.75. The molecular weight excluding hydrogens is 358 g/mol. The Bertz CT molecular complexity index is 925. The maximum absolute atomic E-state index is 12.7. The number of hydrogen-bond donors (Lipinski definition) is 1. The topological polar surface area (TPSA) is 58.4 Å². The van der Waals surface area contributed by atoms with E-state index in [0.29, 0.717) is 16.3 Å². The number of anilines is 1. The number of nitrogens with zero attached hydrogens (tertiary/aromatic N) is 2. The lowest BCUT2D eigenvalue weighted by molar-refractivity contribution is 0.103. The fourth-order valence-electron chi connectivity index (χ4n) is 2.90. The monoisotopic (exact) mass is 383 g/mol. The molecule has 142 valence electrons. The molecule has 3 aromatic rings. The minimum atomic E-state index is -0.139. The van der Waals surface area contributed by atoms with Gasteiger partial charge in [-0.3, -0.25) is 9.69 Å². The highest BCUT2D eigenvalue weighted by molar-refractivity contribution is 7.17. The molecule has 0 aliphatic rings. The highest BCUT2D eigenvalue weighted by atomic mass is 32.1. The number of aryl methyl sites for hydroxylation is 2. The normalized spacial score (nSPS) is 11.1. The average molecular weight is 384 g/mol. The number of thiazole rings is 1. The van der Waals surface area contributed by atoms with Crippen LogP contribution in [0.25, 0.3) is 10.8 Å². The molecule has 1 aromatic carbocycles. The molecule has 0 bridgehead atoms. The second-order valence-electron chi connectivity index (χ2n) is 6.46. The number of rotatable bonds is 7. The Labute approximate surface area is 164 Å². The van der Waals surface area contributed by atoms with Crippen LogP contribution in [0, 0.1) is 13.8 Å². The van der Waals surface area contributed by atoms with Gasteiger partial charge in [0.1, 0.15) is 10.6 Å². The van der Waals surface area contributed by atoms with Crippen LogP contribution >= 0.6 is 11.3 Å². The minimum Gasteiger partial charge on any atom is -0.459 e. The molecule has 0 radical (unpaired) electrons. The van der Waals surface area contributed by atoms with Crippen molar-refractivity contribution in [3.63, 3.8) is 0 Å². The third kappa shape index (κ3) is 4.64. The van der Waals surface area contributed by atoms with Gasteiger partial charge < -0.3 is 9.73 Å². The first-order valence-corrected chi connectivity index (χ1v) is 9.98. The van der Waals surface area contributed by atoms with Crippen LogP contribution in [0.4, 0.5) is 5.69 Å². The Kier molecular flexibility index (Phi) is 6.08. The number of aromatic nitrogens is 1. The van der Waals surface area contributed by atoms with E-state index >= 15 is 0 Å². The van der Waals surface area contributed by atoms with Crippen LogP contribution in [0.15, 0.2) is 40.8 Å². The van der Waals surface area contributed by atoms with Crippen LogP contribution in [-0.4, -0.2) is 28.9 Å². The molecule has 0 saturated heterocycles. The molecule has 2 aromatic heterocycles. The predicted molar refractivity (Wildman–Crippen MR) is 110 cm³/mol. The third-order valence-electron chi connectivity index (χ3n) is 4.44. The molecule has 2 heterocycles. The summed E-state index contributed by atoms with van der Waals surface area (Å²) in [6.07, 6.45) is 0. The van der Waals surface area contributed by atoms with Crippen molar-refractivity contribution in [3.05, 3.63) is 58.3 Å². The Hall–Kier alpha value is -2.44. The van der Waals surface area contributed by atoms with E-state index in [1.165, 1.54) is 16.9 Å². The maximum atomic E-state index is 12.7. The van der Waals surface area contributed by atoms with Gasteiger partial charge in [-0.15, -0.1) is 11.3 Å². The fraction of sp³-hybridized carbons (Fsp3) is 0.333. The SMILES string of the molecule is CCN(CC)Cc1cccc(NC(=O)c2sc(-c3ccc(C)o3)nc2C)c1. The molecule has 0 saturated carbocycles. The van der Waals surface area contributed by atoms with Crippen LogP contribution in [0.1, 0.15) is 40.5 Å². The molecular formula is C21H25N3O2S. The van der Waals surface area contributed by atoms with Gasteiger partial charge in [-0.25, -0.2) is 4.98 Å². The van der Waals surface area contributed by atoms with E-state index in [9.17, 15) is 4.79 Å². The van der Waals surface area contributed by atoms with Crippen LogP contribution < -0.4 is 5.32 Å². The Morgan fingerprint density at radius 2 is 1.96 bits per heavy atom. The number of furan rings is 1. The van der Waals surface area contributed by atoms with Crippen molar-refractivity contribution in [3.8, 4) is 10.8 Å². The summed E-state index contributed by atoms with van der Waals surface area (Å²) in [5.41, 5.74) is 2.69. The molecule has 0 fully saturated rings. The first-order chi connectivity index (χ1) is 13.0. The fourth-order valence-corrected chi connectivity index (χ4v) is 3.83. The van der Waals surface area contributed by atoms with Gasteiger partial charge >= 0.3 is 0 Å². The second-order valence-corrected chi connectivity index (χ2v) is 7.46. The molecule has 6 heteroatoms. The van der Waals surface area contributed by atoms with Crippen LogP contribution in [0.5, 0.6) is 0 Å². The van der Waals surface area contributed by atoms with E-state index in [0.717, 1.165) is 36.1 Å². The summed E-state index contributed by atoms with van der Waals surface area (Å²) in [6, 6.07) is 11.8. The van der Waals surface area contributed by atoms with E-state index in [1.807, 2.05) is 44.2 Å². The Morgan fingerprint density at radius 1 is 1.19 bits per heavy atom. The summed E-state index contributed by atoms with van der Waals surface area (Å²) >= 11 is 1.35. The molecule has 0 aliphatic carbocycles. The largest absolute Gasteiger partial charge is 0.459 e. The summed E-state index contributed by atoms with van der Waals surface area (Å²) in [4.78, 5) is 20.2. The molecule has 0 unspecified atom stereocenters. The molecule has 0 aliphatic heterocycles. The van der Waals surface area contributed by atoms with Gasteiger partial charge in [0.05, 0.1) is 5.69 Å². The molecule has 0 atom stereocenters. The van der Waals surface area contributed by atoms with E-state index in [2.05, 4.69) is 35.1 Å².